The van der Waals surface area contributed by atoms with Gasteiger partial charge in [-0.05, 0) is 32.2 Å². The molecule has 2 rings (SSSR count). The van der Waals surface area contributed by atoms with Crippen LogP contribution in [0, 0.1) is 5.92 Å². The van der Waals surface area contributed by atoms with Gasteiger partial charge in [-0.25, -0.2) is 0 Å². The Balaban J connectivity index is 1.76. The van der Waals surface area contributed by atoms with Crippen molar-refractivity contribution in [2.75, 3.05) is 6.54 Å². The van der Waals surface area contributed by atoms with E-state index in [1.165, 1.54) is 38.5 Å². The van der Waals surface area contributed by atoms with E-state index in [0.717, 1.165) is 37.1 Å². The highest BCUT2D eigenvalue weighted by molar-refractivity contribution is 4.88. The first-order valence-electron chi connectivity index (χ1n) is 7.85. The van der Waals surface area contributed by atoms with Gasteiger partial charge in [0.2, 0.25) is 11.8 Å². The summed E-state index contributed by atoms with van der Waals surface area (Å²) in [5.41, 5.74) is 0. The van der Waals surface area contributed by atoms with Gasteiger partial charge in [0.25, 0.3) is 0 Å². The van der Waals surface area contributed by atoms with Crippen molar-refractivity contribution in [3.63, 3.8) is 0 Å². The Morgan fingerprint density at radius 2 is 2.05 bits per heavy atom. The van der Waals surface area contributed by atoms with E-state index in [9.17, 15) is 0 Å². The summed E-state index contributed by atoms with van der Waals surface area (Å²) in [7, 11) is 0. The second-order valence-electron chi connectivity index (χ2n) is 5.75. The highest BCUT2D eigenvalue weighted by Gasteiger charge is 2.16. The van der Waals surface area contributed by atoms with E-state index in [0.29, 0.717) is 0 Å². The molecule has 1 aromatic rings. The zero-order chi connectivity index (χ0) is 13.5. The molecule has 108 valence electrons. The number of hydrogen-bond donors (Lipinski definition) is 1. The predicted molar refractivity (Wildman–Crippen MR) is 75.9 cm³/mol. The summed E-state index contributed by atoms with van der Waals surface area (Å²) in [6, 6.07) is 0.163. The molecule has 1 N–H and O–H groups in total. The SMILES string of the molecule is CCCNC(C)c1nnc(CCC2CCCCC2)o1. The summed E-state index contributed by atoms with van der Waals surface area (Å²) in [4.78, 5) is 0. The van der Waals surface area contributed by atoms with Crippen LogP contribution in [0.5, 0.6) is 0 Å². The highest BCUT2D eigenvalue weighted by atomic mass is 16.4. The van der Waals surface area contributed by atoms with E-state index in [1.54, 1.807) is 0 Å². The number of nitrogens with zero attached hydrogens (tertiary/aromatic N) is 2. The molecule has 4 nitrogen and oxygen atoms in total. The van der Waals surface area contributed by atoms with Crippen LogP contribution in [0.25, 0.3) is 0 Å². The van der Waals surface area contributed by atoms with E-state index in [1.807, 2.05) is 0 Å². The summed E-state index contributed by atoms with van der Waals surface area (Å²) in [6.07, 6.45) is 10.3. The van der Waals surface area contributed by atoms with Crippen LogP contribution in [0.15, 0.2) is 4.42 Å². The molecule has 19 heavy (non-hydrogen) atoms. The molecule has 0 saturated heterocycles. The molecule has 1 fully saturated rings. The van der Waals surface area contributed by atoms with Gasteiger partial charge in [0.05, 0.1) is 6.04 Å². The molecule has 1 unspecified atom stereocenters. The molecule has 0 spiro atoms. The van der Waals surface area contributed by atoms with E-state index < -0.39 is 0 Å². The molecular formula is C15H27N3O. The zero-order valence-corrected chi connectivity index (χ0v) is 12.3. The van der Waals surface area contributed by atoms with Gasteiger partial charge >= 0.3 is 0 Å². The maximum Gasteiger partial charge on any atom is 0.233 e. The Kier molecular flexibility index (Phi) is 5.83. The largest absolute Gasteiger partial charge is 0.424 e. The summed E-state index contributed by atoms with van der Waals surface area (Å²) in [5.74, 6) is 2.41. The van der Waals surface area contributed by atoms with Crippen molar-refractivity contribution in [2.24, 2.45) is 5.92 Å². The lowest BCUT2D eigenvalue weighted by Gasteiger charge is -2.20. The summed E-state index contributed by atoms with van der Waals surface area (Å²) in [5, 5.41) is 11.7. The fourth-order valence-electron chi connectivity index (χ4n) is 2.79. The summed E-state index contributed by atoms with van der Waals surface area (Å²) < 4.78 is 5.75. The van der Waals surface area contributed by atoms with Crippen molar-refractivity contribution >= 4 is 0 Å². The average Bonchev–Trinajstić information content (AvgIpc) is 2.92. The van der Waals surface area contributed by atoms with Gasteiger partial charge in [0, 0.05) is 6.42 Å². The van der Waals surface area contributed by atoms with Crippen LogP contribution in [-0.2, 0) is 6.42 Å². The summed E-state index contributed by atoms with van der Waals surface area (Å²) in [6.45, 7) is 5.22. The maximum atomic E-state index is 5.75. The molecule has 4 heteroatoms. The lowest BCUT2D eigenvalue weighted by atomic mass is 9.86. The Bertz CT molecular complexity index is 358. The number of aryl methyl sites for hydroxylation is 1. The molecule has 0 radical (unpaired) electrons. The summed E-state index contributed by atoms with van der Waals surface area (Å²) >= 11 is 0. The lowest BCUT2D eigenvalue weighted by Crippen LogP contribution is -2.19. The van der Waals surface area contributed by atoms with Crippen LogP contribution < -0.4 is 5.32 Å². The van der Waals surface area contributed by atoms with Gasteiger partial charge in [-0.2, -0.15) is 0 Å². The van der Waals surface area contributed by atoms with Gasteiger partial charge in [-0.15, -0.1) is 10.2 Å². The third-order valence-corrected chi connectivity index (χ3v) is 4.04. The Morgan fingerprint density at radius 3 is 2.79 bits per heavy atom. The van der Waals surface area contributed by atoms with Crippen molar-refractivity contribution in [2.45, 2.75) is 71.3 Å². The zero-order valence-electron chi connectivity index (χ0n) is 12.3. The van der Waals surface area contributed by atoms with Gasteiger partial charge in [0.15, 0.2) is 0 Å². The predicted octanol–water partition coefficient (Wildman–Crippen LogP) is 3.64. The normalized spacial score (nSPS) is 18.6. The molecular weight excluding hydrogens is 238 g/mol. The number of aromatic nitrogens is 2. The maximum absolute atomic E-state index is 5.75. The molecule has 1 aliphatic carbocycles. The fourth-order valence-corrected chi connectivity index (χ4v) is 2.79. The van der Waals surface area contributed by atoms with Crippen LogP contribution in [0.3, 0.4) is 0 Å². The van der Waals surface area contributed by atoms with Crippen molar-refractivity contribution in [1.82, 2.24) is 15.5 Å². The molecule has 1 saturated carbocycles. The minimum atomic E-state index is 0.163. The van der Waals surface area contributed by atoms with Crippen molar-refractivity contribution in [3.05, 3.63) is 11.8 Å². The minimum Gasteiger partial charge on any atom is -0.424 e. The molecule has 0 bridgehead atoms. The molecule has 0 amide bonds. The number of rotatable bonds is 7. The first-order chi connectivity index (χ1) is 9.29. The average molecular weight is 265 g/mol. The molecule has 0 aliphatic heterocycles. The third kappa shape index (κ3) is 4.60. The molecule has 1 aromatic heterocycles. The monoisotopic (exact) mass is 265 g/mol. The van der Waals surface area contributed by atoms with Crippen molar-refractivity contribution in [3.8, 4) is 0 Å². The van der Waals surface area contributed by atoms with Gasteiger partial charge in [-0.1, -0.05) is 39.0 Å². The van der Waals surface area contributed by atoms with E-state index in [2.05, 4.69) is 29.4 Å². The van der Waals surface area contributed by atoms with Crippen LogP contribution >= 0.6 is 0 Å². The van der Waals surface area contributed by atoms with Crippen LogP contribution in [-0.4, -0.2) is 16.7 Å². The number of nitrogens with one attached hydrogen (secondary N) is 1. The van der Waals surface area contributed by atoms with Crippen LogP contribution in [0.1, 0.15) is 76.6 Å². The smallest absolute Gasteiger partial charge is 0.233 e. The van der Waals surface area contributed by atoms with E-state index >= 15 is 0 Å². The topological polar surface area (TPSA) is 51.0 Å². The molecule has 1 heterocycles. The quantitative estimate of drug-likeness (QED) is 0.817. The van der Waals surface area contributed by atoms with E-state index in [-0.39, 0.29) is 6.04 Å². The standard InChI is InChI=1S/C15H27N3O/c1-3-11-16-12(2)15-18-17-14(19-15)10-9-13-7-5-4-6-8-13/h12-13,16H,3-11H2,1-2H3. The van der Waals surface area contributed by atoms with Crippen molar-refractivity contribution in [1.29, 1.82) is 0 Å². The first kappa shape index (κ1) is 14.5. The van der Waals surface area contributed by atoms with Gasteiger partial charge < -0.3 is 9.73 Å². The Labute approximate surface area is 116 Å². The van der Waals surface area contributed by atoms with Crippen LogP contribution in [0.2, 0.25) is 0 Å². The first-order valence-corrected chi connectivity index (χ1v) is 7.85. The lowest BCUT2D eigenvalue weighted by molar-refractivity contribution is 0.322. The van der Waals surface area contributed by atoms with Crippen LogP contribution in [0.4, 0.5) is 0 Å². The minimum absolute atomic E-state index is 0.163. The van der Waals surface area contributed by atoms with Gasteiger partial charge in [-0.3, -0.25) is 0 Å². The molecule has 1 aliphatic rings. The molecule has 0 aromatic carbocycles. The third-order valence-electron chi connectivity index (χ3n) is 4.04. The second kappa shape index (κ2) is 7.63. The number of hydrogen-bond acceptors (Lipinski definition) is 4. The highest BCUT2D eigenvalue weighted by Crippen LogP contribution is 2.27. The van der Waals surface area contributed by atoms with Gasteiger partial charge in [0.1, 0.15) is 0 Å². The van der Waals surface area contributed by atoms with Crippen molar-refractivity contribution < 1.29 is 4.42 Å². The van der Waals surface area contributed by atoms with E-state index in [4.69, 9.17) is 4.42 Å². The Hall–Kier alpha value is -0.900. The second-order valence-corrected chi connectivity index (χ2v) is 5.75. The molecule has 1 atom stereocenters. The fraction of sp³-hybridized carbons (Fsp3) is 0.867. The Morgan fingerprint density at radius 1 is 1.26 bits per heavy atom.